The van der Waals surface area contributed by atoms with E-state index in [0.29, 0.717) is 11.3 Å². The van der Waals surface area contributed by atoms with Crippen LogP contribution in [0.15, 0.2) is 42.5 Å². The molecular formula is C15H15N3O4. The molecule has 7 nitrogen and oxygen atoms in total. The zero-order valence-electron chi connectivity index (χ0n) is 11.9. The molecule has 0 saturated carbocycles. The number of nitro benzene ring substituents is 1. The molecule has 0 unspecified atom stereocenters. The smallest absolute Gasteiger partial charge is 0.275 e. The van der Waals surface area contributed by atoms with Gasteiger partial charge < -0.3 is 15.8 Å². The molecule has 0 aliphatic rings. The van der Waals surface area contributed by atoms with Crippen LogP contribution in [0.25, 0.3) is 0 Å². The molecule has 0 radical (unpaired) electrons. The molecule has 7 heteroatoms. The molecule has 1 amide bonds. The fourth-order valence-electron chi connectivity index (χ4n) is 2.02. The Bertz CT molecular complexity index is 716. The second-order valence-electron chi connectivity index (χ2n) is 4.52. The molecule has 114 valence electrons. The number of hydrogen-bond acceptors (Lipinski definition) is 5. The van der Waals surface area contributed by atoms with Crippen LogP contribution in [0.1, 0.15) is 15.9 Å². The lowest BCUT2D eigenvalue weighted by Gasteiger charge is -2.11. The number of methoxy groups -OCH3 is 1. The highest BCUT2D eigenvalue weighted by molar-refractivity contribution is 5.93. The predicted octanol–water partition coefficient (Wildman–Crippen LogP) is 2.31. The molecule has 2 aromatic carbocycles. The molecule has 0 saturated heterocycles. The molecular weight excluding hydrogens is 286 g/mol. The Morgan fingerprint density at radius 1 is 1.32 bits per heavy atom. The van der Waals surface area contributed by atoms with Crippen molar-refractivity contribution in [3.8, 4) is 5.75 Å². The van der Waals surface area contributed by atoms with Crippen LogP contribution in [0.5, 0.6) is 5.75 Å². The molecule has 0 spiro atoms. The van der Waals surface area contributed by atoms with Crippen LogP contribution in [-0.2, 0) is 6.54 Å². The number of primary amides is 1. The lowest BCUT2D eigenvalue weighted by molar-refractivity contribution is -0.385. The molecule has 2 aromatic rings. The number of anilines is 1. The number of carbonyl (C=O) groups excluding carboxylic acids is 1. The van der Waals surface area contributed by atoms with Gasteiger partial charge in [0.15, 0.2) is 0 Å². The van der Waals surface area contributed by atoms with Gasteiger partial charge in [-0.25, -0.2) is 0 Å². The minimum absolute atomic E-state index is 0.104. The first-order valence-corrected chi connectivity index (χ1v) is 6.47. The van der Waals surface area contributed by atoms with E-state index in [2.05, 4.69) is 5.32 Å². The molecule has 3 N–H and O–H groups in total. The monoisotopic (exact) mass is 301 g/mol. The van der Waals surface area contributed by atoms with Crippen molar-refractivity contribution in [2.45, 2.75) is 6.54 Å². The van der Waals surface area contributed by atoms with E-state index in [0.717, 1.165) is 5.69 Å². The van der Waals surface area contributed by atoms with Gasteiger partial charge in [-0.3, -0.25) is 14.9 Å². The van der Waals surface area contributed by atoms with Crippen molar-refractivity contribution < 1.29 is 14.5 Å². The van der Waals surface area contributed by atoms with Crippen molar-refractivity contribution in [1.29, 1.82) is 0 Å². The third-order valence-corrected chi connectivity index (χ3v) is 3.14. The first-order chi connectivity index (χ1) is 10.5. The van der Waals surface area contributed by atoms with Gasteiger partial charge in [-0.1, -0.05) is 12.1 Å². The SMILES string of the molecule is COc1ccccc1NCc1ccc(C(N)=O)cc1[N+](=O)[O-]. The maximum atomic E-state index is 11.1. The number of nitrogens with zero attached hydrogens (tertiary/aromatic N) is 1. The number of amides is 1. The van der Waals surface area contributed by atoms with Crippen molar-refractivity contribution in [1.82, 2.24) is 0 Å². The largest absolute Gasteiger partial charge is 0.495 e. The summed E-state index contributed by atoms with van der Waals surface area (Å²) in [6.45, 7) is 0.218. The standard InChI is InChI=1S/C15H15N3O4/c1-22-14-5-3-2-4-12(14)17-9-11-7-6-10(15(16)19)8-13(11)18(20)21/h2-8,17H,9H2,1H3,(H2,16,19). The molecule has 2 rings (SSSR count). The molecule has 0 atom stereocenters. The van der Waals surface area contributed by atoms with Crippen LogP contribution in [0.3, 0.4) is 0 Å². The first-order valence-electron chi connectivity index (χ1n) is 6.47. The van der Waals surface area contributed by atoms with Crippen LogP contribution in [0.2, 0.25) is 0 Å². The van der Waals surface area contributed by atoms with E-state index in [4.69, 9.17) is 10.5 Å². The number of nitrogens with two attached hydrogens (primary N) is 1. The van der Waals surface area contributed by atoms with Crippen molar-refractivity contribution in [3.63, 3.8) is 0 Å². The molecule has 0 heterocycles. The zero-order chi connectivity index (χ0) is 16.1. The third kappa shape index (κ3) is 3.32. The van der Waals surface area contributed by atoms with E-state index in [1.165, 1.54) is 18.2 Å². The van der Waals surface area contributed by atoms with Gasteiger partial charge in [0, 0.05) is 23.7 Å². The fourth-order valence-corrected chi connectivity index (χ4v) is 2.02. The highest BCUT2D eigenvalue weighted by atomic mass is 16.6. The Morgan fingerprint density at radius 2 is 2.05 bits per heavy atom. The van der Waals surface area contributed by atoms with Gasteiger partial charge in [-0.05, 0) is 24.3 Å². The second-order valence-corrected chi connectivity index (χ2v) is 4.52. The third-order valence-electron chi connectivity index (χ3n) is 3.14. The van der Waals surface area contributed by atoms with Crippen molar-refractivity contribution in [2.24, 2.45) is 5.73 Å². The topological polar surface area (TPSA) is 107 Å². The Morgan fingerprint density at radius 3 is 2.68 bits per heavy atom. The molecule has 0 aliphatic heterocycles. The number of nitro groups is 1. The summed E-state index contributed by atoms with van der Waals surface area (Å²) in [5, 5.41) is 14.2. The van der Waals surface area contributed by atoms with Gasteiger partial charge in [-0.2, -0.15) is 0 Å². The van der Waals surface area contributed by atoms with Crippen LogP contribution in [0.4, 0.5) is 11.4 Å². The summed E-state index contributed by atoms with van der Waals surface area (Å²) in [4.78, 5) is 21.7. The van der Waals surface area contributed by atoms with E-state index < -0.39 is 10.8 Å². The first kappa shape index (κ1) is 15.3. The van der Waals surface area contributed by atoms with Crippen LogP contribution >= 0.6 is 0 Å². The number of hydrogen-bond donors (Lipinski definition) is 2. The Balaban J connectivity index is 2.26. The average Bonchev–Trinajstić information content (AvgIpc) is 2.52. The van der Waals surface area contributed by atoms with Crippen molar-refractivity contribution in [3.05, 3.63) is 63.7 Å². The summed E-state index contributed by atoms with van der Waals surface area (Å²) in [7, 11) is 1.55. The second kappa shape index (κ2) is 6.57. The maximum Gasteiger partial charge on any atom is 0.275 e. The van der Waals surface area contributed by atoms with Gasteiger partial charge in [0.05, 0.1) is 17.7 Å². The quantitative estimate of drug-likeness (QED) is 0.629. The summed E-state index contributed by atoms with van der Waals surface area (Å²) in [5.74, 6) is -0.0637. The van der Waals surface area contributed by atoms with E-state index in [1.807, 2.05) is 18.2 Å². The van der Waals surface area contributed by atoms with Crippen molar-refractivity contribution >= 4 is 17.3 Å². The Hall–Kier alpha value is -3.09. The highest BCUT2D eigenvalue weighted by Crippen LogP contribution is 2.26. The number of para-hydroxylation sites is 2. The maximum absolute atomic E-state index is 11.1. The molecule has 0 aliphatic carbocycles. The minimum atomic E-state index is -0.702. The highest BCUT2D eigenvalue weighted by Gasteiger charge is 2.16. The summed E-state index contributed by atoms with van der Waals surface area (Å²) >= 11 is 0. The summed E-state index contributed by atoms with van der Waals surface area (Å²) in [6, 6.07) is 11.4. The van der Waals surface area contributed by atoms with Gasteiger partial charge in [0.2, 0.25) is 5.91 Å². The minimum Gasteiger partial charge on any atom is -0.495 e. The molecule has 0 aromatic heterocycles. The van der Waals surface area contributed by atoms with Gasteiger partial charge in [0.25, 0.3) is 5.69 Å². The van der Waals surface area contributed by atoms with Crippen LogP contribution in [-0.4, -0.2) is 17.9 Å². The predicted molar refractivity (Wildman–Crippen MR) is 81.9 cm³/mol. The number of benzene rings is 2. The van der Waals surface area contributed by atoms with Gasteiger partial charge >= 0.3 is 0 Å². The number of carbonyl (C=O) groups is 1. The van der Waals surface area contributed by atoms with E-state index >= 15 is 0 Å². The lowest BCUT2D eigenvalue weighted by Crippen LogP contribution is -2.12. The normalized spacial score (nSPS) is 10.0. The van der Waals surface area contributed by atoms with E-state index in [-0.39, 0.29) is 17.8 Å². The van der Waals surface area contributed by atoms with Gasteiger partial charge in [-0.15, -0.1) is 0 Å². The van der Waals surface area contributed by atoms with Crippen LogP contribution in [0, 0.1) is 10.1 Å². The molecule has 0 fully saturated rings. The molecule has 0 bridgehead atoms. The average molecular weight is 301 g/mol. The van der Waals surface area contributed by atoms with E-state index in [9.17, 15) is 14.9 Å². The fraction of sp³-hybridized carbons (Fsp3) is 0.133. The lowest BCUT2D eigenvalue weighted by atomic mass is 10.1. The number of rotatable bonds is 6. The number of ether oxygens (including phenoxy) is 1. The van der Waals surface area contributed by atoms with Crippen molar-refractivity contribution in [2.75, 3.05) is 12.4 Å². The summed E-state index contributed by atoms with van der Waals surface area (Å²) in [5.41, 5.74) is 6.26. The zero-order valence-corrected chi connectivity index (χ0v) is 11.9. The molecule has 22 heavy (non-hydrogen) atoms. The Kier molecular flexibility index (Phi) is 4.57. The Labute approximate surface area is 126 Å². The summed E-state index contributed by atoms with van der Waals surface area (Å²) < 4.78 is 5.20. The number of nitrogens with one attached hydrogen (secondary N) is 1. The van der Waals surface area contributed by atoms with E-state index in [1.54, 1.807) is 13.2 Å². The summed E-state index contributed by atoms with van der Waals surface area (Å²) in [6.07, 6.45) is 0. The van der Waals surface area contributed by atoms with Crippen LogP contribution < -0.4 is 15.8 Å². The van der Waals surface area contributed by atoms with Gasteiger partial charge in [0.1, 0.15) is 5.75 Å².